The van der Waals surface area contributed by atoms with Crippen LogP contribution in [0.1, 0.15) is 0 Å². The van der Waals surface area contributed by atoms with Gasteiger partial charge in [-0.05, 0) is 12.1 Å². The van der Waals surface area contributed by atoms with E-state index < -0.39 is 0 Å². The molecule has 4 heteroatoms. The van der Waals surface area contributed by atoms with Crippen LogP contribution in [0.15, 0.2) is 24.3 Å². The molecule has 1 aromatic carbocycles. The van der Waals surface area contributed by atoms with Crippen LogP contribution in [0.5, 0.6) is 5.19 Å². The lowest BCUT2D eigenvalue weighted by Crippen LogP contribution is -2.45. The number of nitrogens with zero attached hydrogens (tertiary/aromatic N) is 1. The predicted octanol–water partition coefficient (Wildman–Crippen LogP) is 1.89. The third-order valence-corrected chi connectivity index (χ3v) is 3.53. The number of hydrogen-bond acceptors (Lipinski definition) is 4. The first-order valence-corrected chi connectivity index (χ1v) is 5.92. The van der Waals surface area contributed by atoms with Crippen LogP contribution < -0.4 is 10.1 Å². The molecule has 0 atom stereocenters. The first-order valence-electron chi connectivity index (χ1n) is 5.11. The Labute approximate surface area is 92.1 Å². The number of nitrogens with one attached hydrogen (secondary N) is 1. The highest BCUT2D eigenvalue weighted by Gasteiger charge is 2.17. The minimum absolute atomic E-state index is 0.664. The molecular weight excluding hydrogens is 208 g/mol. The molecule has 78 valence electrons. The molecule has 15 heavy (non-hydrogen) atoms. The van der Waals surface area contributed by atoms with Crippen LogP contribution in [-0.2, 0) is 0 Å². The van der Waals surface area contributed by atoms with E-state index in [4.69, 9.17) is 4.74 Å². The minimum atomic E-state index is 0.664. The van der Waals surface area contributed by atoms with E-state index in [0.717, 1.165) is 30.4 Å². The lowest BCUT2D eigenvalue weighted by atomic mass is 10.1. The molecule has 1 saturated heterocycles. The summed E-state index contributed by atoms with van der Waals surface area (Å²) >= 11 is 1.62. The summed E-state index contributed by atoms with van der Waals surface area (Å²) in [5, 5.41) is 4.02. The van der Waals surface area contributed by atoms with E-state index in [1.165, 1.54) is 4.70 Å². The highest BCUT2D eigenvalue weighted by atomic mass is 32.1. The van der Waals surface area contributed by atoms with Crippen molar-refractivity contribution < 1.29 is 4.74 Å². The standard InChI is InChI=1S/C11H12N2OS/c1-2-4-10-9(3-1)13-11(15-10)14-7-8-5-12-6-8/h1-4,8,12H,5-7H2. The molecule has 0 unspecified atom stereocenters. The first-order chi connectivity index (χ1) is 7.42. The Bertz CT molecular complexity index is 431. The third-order valence-electron chi connectivity index (χ3n) is 2.58. The van der Waals surface area contributed by atoms with Crippen molar-refractivity contribution in [1.82, 2.24) is 10.3 Å². The molecule has 0 bridgehead atoms. The van der Waals surface area contributed by atoms with Gasteiger partial charge in [-0.25, -0.2) is 4.98 Å². The average Bonchev–Trinajstić information content (AvgIpc) is 2.57. The maximum atomic E-state index is 5.66. The van der Waals surface area contributed by atoms with Gasteiger partial charge in [0.1, 0.15) is 0 Å². The SMILES string of the molecule is c1ccc2sc(OCC3CNC3)nc2c1. The van der Waals surface area contributed by atoms with Crippen LogP contribution >= 0.6 is 11.3 Å². The maximum absolute atomic E-state index is 5.66. The van der Waals surface area contributed by atoms with E-state index in [2.05, 4.69) is 16.4 Å². The second-order valence-corrected chi connectivity index (χ2v) is 4.78. The highest BCUT2D eigenvalue weighted by molar-refractivity contribution is 7.20. The summed E-state index contributed by atoms with van der Waals surface area (Å²) in [5.74, 6) is 0.664. The van der Waals surface area contributed by atoms with Gasteiger partial charge in [0.2, 0.25) is 0 Å². The molecule has 2 aromatic rings. The van der Waals surface area contributed by atoms with E-state index in [1.54, 1.807) is 11.3 Å². The van der Waals surface area contributed by atoms with E-state index in [1.807, 2.05) is 18.2 Å². The Morgan fingerprint density at radius 1 is 1.40 bits per heavy atom. The normalized spacial score (nSPS) is 16.5. The Morgan fingerprint density at radius 3 is 3.00 bits per heavy atom. The number of fused-ring (bicyclic) bond motifs is 1. The van der Waals surface area contributed by atoms with Crippen LogP contribution in [-0.4, -0.2) is 24.7 Å². The number of aromatic nitrogens is 1. The Kier molecular flexibility index (Phi) is 2.31. The van der Waals surface area contributed by atoms with E-state index in [-0.39, 0.29) is 0 Å². The van der Waals surface area contributed by atoms with Crippen molar-refractivity contribution in [3.8, 4) is 5.19 Å². The van der Waals surface area contributed by atoms with Gasteiger partial charge in [-0.3, -0.25) is 0 Å². The molecule has 0 amide bonds. The summed E-state index contributed by atoms with van der Waals surface area (Å²) in [4.78, 5) is 4.42. The molecule has 1 fully saturated rings. The zero-order valence-corrected chi connectivity index (χ0v) is 9.09. The molecule has 0 spiro atoms. The molecule has 1 aliphatic heterocycles. The monoisotopic (exact) mass is 220 g/mol. The zero-order valence-electron chi connectivity index (χ0n) is 8.27. The van der Waals surface area contributed by atoms with Gasteiger partial charge < -0.3 is 10.1 Å². The van der Waals surface area contributed by atoms with Crippen molar-refractivity contribution in [3.05, 3.63) is 24.3 Å². The van der Waals surface area contributed by atoms with Crippen molar-refractivity contribution in [3.63, 3.8) is 0 Å². The number of rotatable bonds is 3. The van der Waals surface area contributed by atoms with E-state index >= 15 is 0 Å². The summed E-state index contributed by atoms with van der Waals surface area (Å²) in [7, 11) is 0. The Balaban J connectivity index is 1.73. The lowest BCUT2D eigenvalue weighted by molar-refractivity contribution is 0.199. The number of benzene rings is 1. The quantitative estimate of drug-likeness (QED) is 0.857. The number of ether oxygens (including phenoxy) is 1. The van der Waals surface area contributed by atoms with Gasteiger partial charge in [-0.15, -0.1) is 0 Å². The second kappa shape index (κ2) is 3.79. The number of hydrogen-bond donors (Lipinski definition) is 1. The topological polar surface area (TPSA) is 34.1 Å². The van der Waals surface area contributed by atoms with Crippen molar-refractivity contribution in [2.45, 2.75) is 0 Å². The van der Waals surface area contributed by atoms with Crippen molar-refractivity contribution in [2.24, 2.45) is 5.92 Å². The van der Waals surface area contributed by atoms with Crippen molar-refractivity contribution in [2.75, 3.05) is 19.7 Å². The van der Waals surface area contributed by atoms with Gasteiger partial charge >= 0.3 is 0 Å². The Hall–Kier alpha value is -1.13. The van der Waals surface area contributed by atoms with Gasteiger partial charge in [-0.1, -0.05) is 23.5 Å². The smallest absolute Gasteiger partial charge is 0.274 e. The minimum Gasteiger partial charge on any atom is -0.470 e. The van der Waals surface area contributed by atoms with E-state index in [0.29, 0.717) is 5.92 Å². The van der Waals surface area contributed by atoms with E-state index in [9.17, 15) is 0 Å². The predicted molar refractivity (Wildman–Crippen MR) is 61.5 cm³/mol. The van der Waals surface area contributed by atoms with Crippen molar-refractivity contribution >= 4 is 21.6 Å². The average molecular weight is 220 g/mol. The molecule has 2 heterocycles. The van der Waals surface area contributed by atoms with Gasteiger partial charge in [0.15, 0.2) is 0 Å². The molecule has 3 rings (SSSR count). The van der Waals surface area contributed by atoms with Crippen LogP contribution in [0, 0.1) is 5.92 Å². The fourth-order valence-electron chi connectivity index (χ4n) is 1.57. The summed E-state index contributed by atoms with van der Waals surface area (Å²) in [6.07, 6.45) is 0. The Morgan fingerprint density at radius 2 is 2.27 bits per heavy atom. The highest BCUT2D eigenvalue weighted by Crippen LogP contribution is 2.27. The molecule has 1 N–H and O–H groups in total. The molecule has 1 aromatic heterocycles. The third kappa shape index (κ3) is 1.82. The number of thiazole rings is 1. The van der Waals surface area contributed by atoms with Crippen LogP contribution in [0.3, 0.4) is 0 Å². The van der Waals surface area contributed by atoms with Crippen LogP contribution in [0.25, 0.3) is 10.2 Å². The fraction of sp³-hybridized carbons (Fsp3) is 0.364. The molecule has 0 saturated carbocycles. The van der Waals surface area contributed by atoms with Gasteiger partial charge in [0.05, 0.1) is 16.8 Å². The van der Waals surface area contributed by atoms with Gasteiger partial charge in [-0.2, -0.15) is 0 Å². The zero-order chi connectivity index (χ0) is 10.1. The maximum Gasteiger partial charge on any atom is 0.274 e. The molecule has 3 nitrogen and oxygen atoms in total. The fourth-order valence-corrected chi connectivity index (χ4v) is 2.39. The van der Waals surface area contributed by atoms with Crippen LogP contribution in [0.4, 0.5) is 0 Å². The molecular formula is C11H12N2OS. The molecule has 0 aliphatic carbocycles. The first kappa shape index (κ1) is 9.12. The van der Waals surface area contributed by atoms with Crippen molar-refractivity contribution in [1.29, 1.82) is 0 Å². The largest absolute Gasteiger partial charge is 0.470 e. The molecule has 0 radical (unpaired) electrons. The lowest BCUT2D eigenvalue weighted by Gasteiger charge is -2.26. The molecule has 1 aliphatic rings. The second-order valence-electron chi connectivity index (χ2n) is 3.78. The summed E-state index contributed by atoms with van der Waals surface area (Å²) in [5.41, 5.74) is 1.03. The number of para-hydroxylation sites is 1. The summed E-state index contributed by atoms with van der Waals surface area (Å²) in [6, 6.07) is 8.12. The summed E-state index contributed by atoms with van der Waals surface area (Å²) in [6.45, 7) is 2.93. The van der Waals surface area contributed by atoms with Gasteiger partial charge in [0, 0.05) is 19.0 Å². The summed E-state index contributed by atoms with van der Waals surface area (Å²) < 4.78 is 6.86. The van der Waals surface area contributed by atoms with Gasteiger partial charge in [0.25, 0.3) is 5.19 Å². The van der Waals surface area contributed by atoms with Crippen LogP contribution in [0.2, 0.25) is 0 Å².